The Bertz CT molecular complexity index is 377. The van der Waals surface area contributed by atoms with Gasteiger partial charge in [-0.05, 0) is 31.7 Å². The Kier molecular flexibility index (Phi) is 3.14. The van der Waals surface area contributed by atoms with Crippen LogP contribution in [0, 0.1) is 5.92 Å². The first kappa shape index (κ1) is 11.2. The summed E-state index contributed by atoms with van der Waals surface area (Å²) in [4.78, 5) is 0. The lowest BCUT2D eigenvalue weighted by atomic mass is 10.00. The van der Waals surface area contributed by atoms with Gasteiger partial charge in [0.05, 0.1) is 6.04 Å². The summed E-state index contributed by atoms with van der Waals surface area (Å²) in [7, 11) is 0. The van der Waals surface area contributed by atoms with Crippen molar-refractivity contribution < 1.29 is 0 Å². The molecule has 0 bridgehead atoms. The van der Waals surface area contributed by atoms with E-state index in [-0.39, 0.29) is 0 Å². The number of aromatic nitrogens is 3. The third-order valence-corrected chi connectivity index (χ3v) is 4.10. The van der Waals surface area contributed by atoms with Crippen LogP contribution in [0.25, 0.3) is 0 Å². The fourth-order valence-corrected chi connectivity index (χ4v) is 3.01. The highest BCUT2D eigenvalue weighted by molar-refractivity contribution is 5.04. The number of rotatable bonds is 1. The molecule has 17 heavy (non-hydrogen) atoms. The van der Waals surface area contributed by atoms with Crippen LogP contribution in [0.3, 0.4) is 0 Å². The van der Waals surface area contributed by atoms with Gasteiger partial charge in [-0.15, -0.1) is 10.2 Å². The number of fused-ring (bicyclic) bond motifs is 1. The van der Waals surface area contributed by atoms with Crippen LogP contribution in [-0.4, -0.2) is 21.3 Å². The highest BCUT2D eigenvalue weighted by Gasteiger charge is 2.25. The normalized spacial score (nSPS) is 29.7. The summed E-state index contributed by atoms with van der Waals surface area (Å²) in [5.74, 6) is 3.15. The highest BCUT2D eigenvalue weighted by Crippen LogP contribution is 2.26. The molecule has 1 aromatic rings. The summed E-state index contributed by atoms with van der Waals surface area (Å²) in [6, 6.07) is 0.437. The molecule has 94 valence electrons. The van der Waals surface area contributed by atoms with Gasteiger partial charge in [0.15, 0.2) is 0 Å². The molecule has 1 saturated heterocycles. The Balaban J connectivity index is 1.83. The van der Waals surface area contributed by atoms with E-state index in [1.165, 1.54) is 43.8 Å². The molecule has 0 spiro atoms. The van der Waals surface area contributed by atoms with Crippen molar-refractivity contribution >= 4 is 0 Å². The molecule has 0 radical (unpaired) electrons. The van der Waals surface area contributed by atoms with Crippen molar-refractivity contribution in [3.63, 3.8) is 0 Å². The Hall–Kier alpha value is -0.900. The van der Waals surface area contributed by atoms with Gasteiger partial charge in [-0.2, -0.15) is 0 Å². The molecule has 0 saturated carbocycles. The molecule has 1 aromatic heterocycles. The number of hydrogen-bond acceptors (Lipinski definition) is 3. The highest BCUT2D eigenvalue weighted by atomic mass is 15.3. The molecule has 1 N–H and O–H groups in total. The van der Waals surface area contributed by atoms with Crippen LogP contribution in [0.2, 0.25) is 0 Å². The van der Waals surface area contributed by atoms with Crippen molar-refractivity contribution in [2.75, 3.05) is 6.54 Å². The van der Waals surface area contributed by atoms with Crippen molar-refractivity contribution in [2.24, 2.45) is 5.92 Å². The van der Waals surface area contributed by atoms with Gasteiger partial charge in [-0.1, -0.05) is 19.8 Å². The topological polar surface area (TPSA) is 42.7 Å². The van der Waals surface area contributed by atoms with E-state index in [1.54, 1.807) is 0 Å². The SMILES string of the molecule is CC1CCn2c(nnc2C2CCCCCN2)C1. The van der Waals surface area contributed by atoms with Crippen molar-refractivity contribution in [1.82, 2.24) is 20.1 Å². The summed E-state index contributed by atoms with van der Waals surface area (Å²) in [6.45, 7) is 4.54. The first-order chi connectivity index (χ1) is 8.34. The summed E-state index contributed by atoms with van der Waals surface area (Å²) >= 11 is 0. The van der Waals surface area contributed by atoms with Crippen molar-refractivity contribution in [3.8, 4) is 0 Å². The average molecular weight is 234 g/mol. The van der Waals surface area contributed by atoms with Crippen LogP contribution in [0.15, 0.2) is 0 Å². The Labute approximate surface area is 103 Å². The largest absolute Gasteiger partial charge is 0.314 e. The lowest BCUT2D eigenvalue weighted by Gasteiger charge is -2.23. The van der Waals surface area contributed by atoms with Crippen LogP contribution in [0.5, 0.6) is 0 Å². The van der Waals surface area contributed by atoms with Gasteiger partial charge in [-0.25, -0.2) is 0 Å². The Morgan fingerprint density at radius 2 is 2.12 bits per heavy atom. The molecule has 4 heteroatoms. The molecule has 3 rings (SSSR count). The summed E-state index contributed by atoms with van der Waals surface area (Å²) in [6.07, 6.45) is 7.55. The van der Waals surface area contributed by atoms with E-state index >= 15 is 0 Å². The van der Waals surface area contributed by atoms with Gasteiger partial charge in [0, 0.05) is 13.0 Å². The molecule has 4 nitrogen and oxygen atoms in total. The molecule has 0 aromatic carbocycles. The molecule has 2 aliphatic heterocycles. The van der Waals surface area contributed by atoms with E-state index in [2.05, 4.69) is 27.0 Å². The minimum atomic E-state index is 0.437. The fraction of sp³-hybridized carbons (Fsp3) is 0.846. The summed E-state index contributed by atoms with van der Waals surface area (Å²) in [5.41, 5.74) is 0. The van der Waals surface area contributed by atoms with E-state index in [0.717, 1.165) is 25.4 Å². The Morgan fingerprint density at radius 1 is 1.18 bits per heavy atom. The maximum Gasteiger partial charge on any atom is 0.150 e. The van der Waals surface area contributed by atoms with Crippen molar-refractivity contribution in [3.05, 3.63) is 11.6 Å². The van der Waals surface area contributed by atoms with Gasteiger partial charge in [0.2, 0.25) is 0 Å². The Morgan fingerprint density at radius 3 is 3.06 bits per heavy atom. The lowest BCUT2D eigenvalue weighted by Crippen LogP contribution is -2.26. The third-order valence-electron chi connectivity index (χ3n) is 4.10. The summed E-state index contributed by atoms with van der Waals surface area (Å²) < 4.78 is 2.36. The number of nitrogens with zero attached hydrogens (tertiary/aromatic N) is 3. The predicted molar refractivity (Wildman–Crippen MR) is 66.7 cm³/mol. The van der Waals surface area contributed by atoms with Crippen LogP contribution < -0.4 is 5.32 Å². The molecule has 0 amide bonds. The maximum atomic E-state index is 4.45. The third kappa shape index (κ3) is 2.23. The van der Waals surface area contributed by atoms with Crippen molar-refractivity contribution in [2.45, 2.75) is 58.0 Å². The molecule has 2 unspecified atom stereocenters. The summed E-state index contributed by atoms with van der Waals surface area (Å²) in [5, 5.41) is 12.5. The fourth-order valence-electron chi connectivity index (χ4n) is 3.01. The minimum Gasteiger partial charge on any atom is -0.314 e. The molecule has 1 fully saturated rings. The first-order valence-corrected chi connectivity index (χ1v) is 7.00. The standard InChI is InChI=1S/C13H22N4/c1-10-6-8-17-12(9-10)15-16-13(17)11-5-3-2-4-7-14-11/h10-11,14H,2-9H2,1H3. The monoisotopic (exact) mass is 234 g/mol. The van der Waals surface area contributed by atoms with E-state index in [4.69, 9.17) is 0 Å². The van der Waals surface area contributed by atoms with Crippen LogP contribution in [-0.2, 0) is 13.0 Å². The zero-order valence-electron chi connectivity index (χ0n) is 10.7. The second kappa shape index (κ2) is 4.77. The average Bonchev–Trinajstić information content (AvgIpc) is 2.57. The number of hydrogen-bond donors (Lipinski definition) is 1. The molecular weight excluding hydrogens is 212 g/mol. The quantitative estimate of drug-likeness (QED) is 0.809. The molecular formula is C13H22N4. The van der Waals surface area contributed by atoms with Gasteiger partial charge < -0.3 is 9.88 Å². The second-order valence-electron chi connectivity index (χ2n) is 5.58. The lowest BCUT2D eigenvalue weighted by molar-refractivity contribution is 0.385. The molecule has 3 heterocycles. The van der Waals surface area contributed by atoms with E-state index in [1.807, 2.05) is 0 Å². The van der Waals surface area contributed by atoms with E-state index in [0.29, 0.717) is 6.04 Å². The van der Waals surface area contributed by atoms with Crippen LogP contribution in [0.1, 0.15) is 56.7 Å². The zero-order chi connectivity index (χ0) is 11.7. The molecule has 2 aliphatic rings. The van der Waals surface area contributed by atoms with E-state index in [9.17, 15) is 0 Å². The smallest absolute Gasteiger partial charge is 0.150 e. The van der Waals surface area contributed by atoms with Crippen LogP contribution >= 0.6 is 0 Å². The predicted octanol–water partition coefficient (Wildman–Crippen LogP) is 2.07. The van der Waals surface area contributed by atoms with Crippen LogP contribution in [0.4, 0.5) is 0 Å². The van der Waals surface area contributed by atoms with Crippen molar-refractivity contribution in [1.29, 1.82) is 0 Å². The van der Waals surface area contributed by atoms with E-state index < -0.39 is 0 Å². The first-order valence-electron chi connectivity index (χ1n) is 7.00. The molecule has 2 atom stereocenters. The minimum absolute atomic E-state index is 0.437. The second-order valence-corrected chi connectivity index (χ2v) is 5.58. The van der Waals surface area contributed by atoms with Gasteiger partial charge >= 0.3 is 0 Å². The van der Waals surface area contributed by atoms with Gasteiger partial charge in [-0.3, -0.25) is 0 Å². The van der Waals surface area contributed by atoms with Gasteiger partial charge in [0.1, 0.15) is 11.6 Å². The van der Waals surface area contributed by atoms with Gasteiger partial charge in [0.25, 0.3) is 0 Å². The maximum absolute atomic E-state index is 4.45. The molecule has 0 aliphatic carbocycles. The zero-order valence-corrected chi connectivity index (χ0v) is 10.7. The number of nitrogens with one attached hydrogen (secondary N) is 1.